The van der Waals surface area contributed by atoms with Crippen LogP contribution >= 0.6 is 0 Å². The quantitative estimate of drug-likeness (QED) is 0.777. The first kappa shape index (κ1) is 15.6. The highest BCUT2D eigenvalue weighted by Gasteiger charge is 2.29. The molecular formula is C16H31N3O. The van der Waals surface area contributed by atoms with Crippen LogP contribution in [0, 0.1) is 11.8 Å². The summed E-state index contributed by atoms with van der Waals surface area (Å²) in [5.74, 6) is 1.55. The van der Waals surface area contributed by atoms with Gasteiger partial charge < -0.3 is 9.80 Å². The van der Waals surface area contributed by atoms with Crippen LogP contribution in [0.1, 0.15) is 40.5 Å². The summed E-state index contributed by atoms with van der Waals surface area (Å²) in [4.78, 5) is 19.1. The highest BCUT2D eigenvalue weighted by Crippen LogP contribution is 2.25. The Morgan fingerprint density at radius 2 is 1.35 bits per heavy atom. The Balaban J connectivity index is 1.79. The summed E-state index contributed by atoms with van der Waals surface area (Å²) in [6, 6.07) is 0.865. The summed E-state index contributed by atoms with van der Waals surface area (Å²) < 4.78 is 0. The van der Waals surface area contributed by atoms with Crippen molar-refractivity contribution in [2.24, 2.45) is 11.8 Å². The van der Waals surface area contributed by atoms with Gasteiger partial charge in [-0.2, -0.15) is 0 Å². The summed E-state index contributed by atoms with van der Waals surface area (Å²) in [7, 11) is 0. The lowest BCUT2D eigenvalue weighted by Gasteiger charge is -2.41. The minimum absolute atomic E-state index is 0.274. The molecule has 0 aliphatic carbocycles. The van der Waals surface area contributed by atoms with Crippen LogP contribution in [0.3, 0.4) is 0 Å². The van der Waals surface area contributed by atoms with E-state index in [1.807, 2.05) is 0 Å². The predicted octanol–water partition coefficient (Wildman–Crippen LogP) is 2.50. The van der Waals surface area contributed by atoms with Gasteiger partial charge in [0.15, 0.2) is 0 Å². The topological polar surface area (TPSA) is 26.8 Å². The molecule has 2 aliphatic rings. The molecule has 0 bridgehead atoms. The summed E-state index contributed by atoms with van der Waals surface area (Å²) in [6.45, 7) is 14.8. The maximum atomic E-state index is 12.5. The third kappa shape index (κ3) is 3.66. The van der Waals surface area contributed by atoms with Crippen molar-refractivity contribution in [1.29, 1.82) is 0 Å². The number of likely N-dealkylation sites (tertiary alicyclic amines) is 1. The van der Waals surface area contributed by atoms with E-state index in [-0.39, 0.29) is 6.03 Å². The molecule has 116 valence electrons. The molecule has 4 nitrogen and oxygen atoms in total. The number of rotatable bonds is 2. The van der Waals surface area contributed by atoms with E-state index in [1.54, 1.807) is 0 Å². The third-order valence-electron chi connectivity index (χ3n) is 5.07. The summed E-state index contributed by atoms with van der Waals surface area (Å²) in [5, 5.41) is 0. The Morgan fingerprint density at radius 1 is 0.850 bits per heavy atom. The van der Waals surface area contributed by atoms with Crippen LogP contribution in [0.2, 0.25) is 0 Å². The van der Waals surface area contributed by atoms with Crippen molar-refractivity contribution in [3.63, 3.8) is 0 Å². The molecule has 0 unspecified atom stereocenters. The van der Waals surface area contributed by atoms with Gasteiger partial charge in [-0.15, -0.1) is 0 Å². The van der Waals surface area contributed by atoms with Crippen molar-refractivity contribution >= 4 is 6.03 Å². The first-order valence-electron chi connectivity index (χ1n) is 8.27. The number of hydrogen-bond donors (Lipinski definition) is 0. The minimum Gasteiger partial charge on any atom is -0.325 e. The predicted molar refractivity (Wildman–Crippen MR) is 82.8 cm³/mol. The molecule has 0 N–H and O–H groups in total. The monoisotopic (exact) mass is 281 g/mol. The Bertz CT molecular complexity index is 284. The number of nitrogens with zero attached hydrogens (tertiary/aromatic N) is 3. The zero-order valence-corrected chi connectivity index (χ0v) is 13.6. The van der Waals surface area contributed by atoms with Crippen LogP contribution in [0.15, 0.2) is 0 Å². The van der Waals surface area contributed by atoms with Gasteiger partial charge in [-0.25, -0.2) is 4.79 Å². The van der Waals surface area contributed by atoms with E-state index >= 15 is 0 Å². The minimum atomic E-state index is 0.274. The number of hydrogen-bond acceptors (Lipinski definition) is 2. The van der Waals surface area contributed by atoms with Crippen LogP contribution in [-0.2, 0) is 0 Å². The van der Waals surface area contributed by atoms with E-state index in [2.05, 4.69) is 42.4 Å². The molecule has 0 saturated carbocycles. The molecule has 0 atom stereocenters. The van der Waals surface area contributed by atoms with E-state index in [0.29, 0.717) is 6.04 Å². The lowest BCUT2D eigenvalue weighted by atomic mass is 9.87. The second-order valence-corrected chi connectivity index (χ2v) is 6.97. The van der Waals surface area contributed by atoms with Crippen LogP contribution in [-0.4, -0.2) is 66.0 Å². The van der Waals surface area contributed by atoms with E-state index in [0.717, 1.165) is 51.1 Å². The molecule has 2 rings (SSSR count). The number of carbonyl (C=O) groups excluding carboxylic acids is 1. The SMILES string of the molecule is CC(C)C1CCN(C(=O)N2CCN(C(C)C)CC2)CC1. The first-order valence-corrected chi connectivity index (χ1v) is 8.27. The van der Waals surface area contributed by atoms with Gasteiger partial charge in [0, 0.05) is 45.3 Å². The molecule has 0 aromatic rings. The fourth-order valence-electron chi connectivity index (χ4n) is 3.39. The second kappa shape index (κ2) is 6.79. The molecule has 2 amide bonds. The number of piperazine rings is 1. The van der Waals surface area contributed by atoms with Crippen molar-refractivity contribution in [1.82, 2.24) is 14.7 Å². The molecule has 0 spiro atoms. The fraction of sp³-hybridized carbons (Fsp3) is 0.938. The summed E-state index contributed by atoms with van der Waals surface area (Å²) in [6.07, 6.45) is 2.35. The molecule has 0 radical (unpaired) electrons. The van der Waals surface area contributed by atoms with Crippen LogP contribution in [0.25, 0.3) is 0 Å². The van der Waals surface area contributed by atoms with Gasteiger partial charge in [0.1, 0.15) is 0 Å². The smallest absolute Gasteiger partial charge is 0.320 e. The van der Waals surface area contributed by atoms with Crippen molar-refractivity contribution in [2.45, 2.75) is 46.6 Å². The number of amides is 2. The molecule has 2 saturated heterocycles. The van der Waals surface area contributed by atoms with Gasteiger partial charge in [0.2, 0.25) is 0 Å². The van der Waals surface area contributed by atoms with E-state index in [4.69, 9.17) is 0 Å². The van der Waals surface area contributed by atoms with Crippen LogP contribution in [0.5, 0.6) is 0 Å². The molecule has 0 aromatic heterocycles. The molecule has 20 heavy (non-hydrogen) atoms. The average molecular weight is 281 g/mol. The van der Waals surface area contributed by atoms with Crippen LogP contribution < -0.4 is 0 Å². The number of urea groups is 1. The van der Waals surface area contributed by atoms with Crippen molar-refractivity contribution < 1.29 is 4.79 Å². The van der Waals surface area contributed by atoms with Gasteiger partial charge in [-0.05, 0) is 38.5 Å². The van der Waals surface area contributed by atoms with Crippen molar-refractivity contribution in [3.8, 4) is 0 Å². The van der Waals surface area contributed by atoms with Gasteiger partial charge in [-0.3, -0.25) is 4.90 Å². The van der Waals surface area contributed by atoms with Crippen molar-refractivity contribution in [2.75, 3.05) is 39.3 Å². The van der Waals surface area contributed by atoms with E-state index in [1.165, 1.54) is 12.8 Å². The normalized spacial score (nSPS) is 22.9. The highest BCUT2D eigenvalue weighted by molar-refractivity contribution is 5.74. The summed E-state index contributed by atoms with van der Waals surface area (Å²) in [5.41, 5.74) is 0. The Morgan fingerprint density at radius 3 is 1.80 bits per heavy atom. The summed E-state index contributed by atoms with van der Waals surface area (Å²) >= 11 is 0. The Kier molecular flexibility index (Phi) is 5.30. The van der Waals surface area contributed by atoms with Gasteiger partial charge in [0.05, 0.1) is 0 Å². The fourth-order valence-corrected chi connectivity index (χ4v) is 3.39. The maximum Gasteiger partial charge on any atom is 0.320 e. The zero-order valence-electron chi connectivity index (χ0n) is 13.6. The maximum absolute atomic E-state index is 12.5. The zero-order chi connectivity index (χ0) is 14.7. The van der Waals surface area contributed by atoms with Gasteiger partial charge in [0.25, 0.3) is 0 Å². The molecule has 2 heterocycles. The van der Waals surface area contributed by atoms with Gasteiger partial charge >= 0.3 is 6.03 Å². The number of carbonyl (C=O) groups is 1. The molecule has 2 fully saturated rings. The molecule has 4 heteroatoms. The third-order valence-corrected chi connectivity index (χ3v) is 5.07. The van der Waals surface area contributed by atoms with Crippen LogP contribution in [0.4, 0.5) is 4.79 Å². The first-order chi connectivity index (χ1) is 9.49. The Labute approximate surface area is 124 Å². The number of piperidine rings is 1. The van der Waals surface area contributed by atoms with Crippen molar-refractivity contribution in [3.05, 3.63) is 0 Å². The average Bonchev–Trinajstić information content (AvgIpc) is 2.46. The Hall–Kier alpha value is -0.770. The molecule has 0 aromatic carbocycles. The molecule has 2 aliphatic heterocycles. The lowest BCUT2D eigenvalue weighted by molar-refractivity contribution is 0.0868. The molecular weight excluding hydrogens is 250 g/mol. The standard InChI is InChI=1S/C16H31N3O/c1-13(2)15-5-7-18(8-6-15)16(20)19-11-9-17(10-12-19)14(3)4/h13-15H,5-12H2,1-4H3. The van der Waals surface area contributed by atoms with Gasteiger partial charge in [-0.1, -0.05) is 13.8 Å². The highest BCUT2D eigenvalue weighted by atomic mass is 16.2. The van der Waals surface area contributed by atoms with E-state index < -0.39 is 0 Å². The largest absolute Gasteiger partial charge is 0.325 e. The lowest BCUT2D eigenvalue weighted by Crippen LogP contribution is -2.55. The second-order valence-electron chi connectivity index (χ2n) is 6.97. The van der Waals surface area contributed by atoms with E-state index in [9.17, 15) is 4.79 Å².